The quantitative estimate of drug-likeness (QED) is 0.721. The second-order valence-corrected chi connectivity index (χ2v) is 3.51. The summed E-state index contributed by atoms with van der Waals surface area (Å²) in [5.74, 6) is -0.800. The highest BCUT2D eigenvalue weighted by atomic mass is 19.1. The highest BCUT2D eigenvalue weighted by Crippen LogP contribution is 2.15. The van der Waals surface area contributed by atoms with Crippen LogP contribution >= 0.6 is 0 Å². The van der Waals surface area contributed by atoms with E-state index in [0.717, 1.165) is 0 Å². The Morgan fingerprint density at radius 1 is 1.25 bits per heavy atom. The highest BCUT2D eigenvalue weighted by Gasteiger charge is 2.14. The van der Waals surface area contributed by atoms with Gasteiger partial charge in [0.1, 0.15) is 5.82 Å². The predicted octanol–water partition coefficient (Wildman–Crippen LogP) is 2.76. The molecule has 16 heavy (non-hydrogen) atoms. The van der Waals surface area contributed by atoms with Crippen molar-refractivity contribution < 1.29 is 9.18 Å². The Hall–Kier alpha value is -2.03. The molecule has 2 rings (SSSR count). The van der Waals surface area contributed by atoms with Gasteiger partial charge in [-0.1, -0.05) is 12.1 Å². The Balaban J connectivity index is 2.46. The molecule has 1 aromatic carbocycles. The summed E-state index contributed by atoms with van der Waals surface area (Å²) in [6.45, 7) is 1.63. The Kier molecular flexibility index (Phi) is 2.77. The molecule has 0 bridgehead atoms. The molecule has 0 aliphatic carbocycles. The maximum Gasteiger partial charge on any atom is 0.197 e. The molecular weight excluding hydrogens is 205 g/mol. The van der Waals surface area contributed by atoms with Gasteiger partial charge in [-0.2, -0.15) is 0 Å². The van der Waals surface area contributed by atoms with E-state index in [1.54, 1.807) is 37.4 Å². The van der Waals surface area contributed by atoms with Gasteiger partial charge in [-0.15, -0.1) is 0 Å². The van der Waals surface area contributed by atoms with Gasteiger partial charge in [0, 0.05) is 18.0 Å². The van der Waals surface area contributed by atoms with Crippen LogP contribution in [0.15, 0.2) is 42.7 Å². The lowest BCUT2D eigenvalue weighted by atomic mass is 10.0. The molecule has 80 valence electrons. The number of ketones is 1. The van der Waals surface area contributed by atoms with E-state index in [9.17, 15) is 9.18 Å². The Labute approximate surface area is 92.8 Å². The normalized spacial score (nSPS) is 10.1. The summed E-state index contributed by atoms with van der Waals surface area (Å²) in [5, 5.41) is 0. The number of aromatic nitrogens is 1. The lowest BCUT2D eigenvalue weighted by Gasteiger charge is -2.04. The van der Waals surface area contributed by atoms with Crippen LogP contribution < -0.4 is 0 Å². The first-order valence-electron chi connectivity index (χ1n) is 4.90. The average molecular weight is 215 g/mol. The smallest absolute Gasteiger partial charge is 0.197 e. The summed E-state index contributed by atoms with van der Waals surface area (Å²) < 4.78 is 13.7. The lowest BCUT2D eigenvalue weighted by Crippen LogP contribution is -2.05. The van der Waals surface area contributed by atoms with Crippen LogP contribution in [0.1, 0.15) is 21.5 Å². The van der Waals surface area contributed by atoms with Crippen LogP contribution in [0.5, 0.6) is 0 Å². The zero-order valence-electron chi connectivity index (χ0n) is 8.77. The monoisotopic (exact) mass is 215 g/mol. The van der Waals surface area contributed by atoms with Crippen LogP contribution in [0.2, 0.25) is 0 Å². The van der Waals surface area contributed by atoms with Gasteiger partial charge in [0.05, 0.1) is 5.56 Å². The maximum atomic E-state index is 13.7. The Bertz CT molecular complexity index is 523. The van der Waals surface area contributed by atoms with Crippen LogP contribution in [0, 0.1) is 12.7 Å². The number of benzene rings is 1. The number of carbonyl (C=O) groups is 1. The fraction of sp³-hybridized carbons (Fsp3) is 0.0769. The average Bonchev–Trinajstić information content (AvgIpc) is 2.33. The standard InChI is InChI=1S/C13H10FNO/c1-9-4-2-6-11(12(9)14)13(16)10-5-3-7-15-8-10/h2-8H,1H3. The third kappa shape index (κ3) is 1.84. The van der Waals surface area contributed by atoms with Gasteiger partial charge < -0.3 is 0 Å². The minimum Gasteiger partial charge on any atom is -0.288 e. The number of carbonyl (C=O) groups excluding carboxylic acids is 1. The van der Waals surface area contributed by atoms with E-state index < -0.39 is 5.82 Å². The van der Waals surface area contributed by atoms with E-state index in [0.29, 0.717) is 11.1 Å². The van der Waals surface area contributed by atoms with E-state index >= 15 is 0 Å². The molecule has 0 amide bonds. The van der Waals surface area contributed by atoms with Crippen molar-refractivity contribution in [2.45, 2.75) is 6.92 Å². The first-order chi connectivity index (χ1) is 7.70. The molecule has 0 aliphatic heterocycles. The van der Waals surface area contributed by atoms with E-state index in [4.69, 9.17) is 0 Å². The van der Waals surface area contributed by atoms with Gasteiger partial charge in [0.25, 0.3) is 0 Å². The van der Waals surface area contributed by atoms with Gasteiger partial charge in [-0.05, 0) is 30.7 Å². The summed E-state index contributed by atoms with van der Waals surface area (Å²) in [6, 6.07) is 8.06. The molecule has 0 fully saturated rings. The zero-order valence-corrected chi connectivity index (χ0v) is 8.77. The Morgan fingerprint density at radius 3 is 2.75 bits per heavy atom. The van der Waals surface area contributed by atoms with E-state index in [-0.39, 0.29) is 11.3 Å². The van der Waals surface area contributed by atoms with E-state index in [1.165, 1.54) is 12.3 Å². The lowest BCUT2D eigenvalue weighted by molar-refractivity contribution is 0.103. The number of aryl methyl sites for hydroxylation is 1. The van der Waals surface area contributed by atoms with Crippen molar-refractivity contribution in [3.05, 3.63) is 65.2 Å². The molecule has 0 unspecified atom stereocenters. The van der Waals surface area contributed by atoms with Gasteiger partial charge in [0.15, 0.2) is 5.78 Å². The minimum absolute atomic E-state index is 0.0907. The highest BCUT2D eigenvalue weighted by molar-refractivity contribution is 6.09. The van der Waals surface area contributed by atoms with Crippen molar-refractivity contribution in [3.8, 4) is 0 Å². The summed E-state index contributed by atoms with van der Waals surface area (Å²) in [6.07, 6.45) is 3.01. The number of hydrogen-bond acceptors (Lipinski definition) is 2. The minimum atomic E-state index is -0.462. The topological polar surface area (TPSA) is 30.0 Å². The number of hydrogen-bond donors (Lipinski definition) is 0. The molecule has 0 aliphatic rings. The molecule has 1 heterocycles. The number of nitrogens with zero attached hydrogens (tertiary/aromatic N) is 1. The van der Waals surface area contributed by atoms with E-state index in [2.05, 4.69) is 4.98 Å². The number of pyridine rings is 1. The van der Waals surface area contributed by atoms with Crippen molar-refractivity contribution in [2.24, 2.45) is 0 Å². The third-order valence-electron chi connectivity index (χ3n) is 2.36. The first-order valence-corrected chi connectivity index (χ1v) is 4.90. The molecule has 0 N–H and O–H groups in total. The first kappa shape index (κ1) is 10.5. The van der Waals surface area contributed by atoms with Gasteiger partial charge >= 0.3 is 0 Å². The second kappa shape index (κ2) is 4.23. The largest absolute Gasteiger partial charge is 0.288 e. The maximum absolute atomic E-state index is 13.7. The molecule has 1 aromatic heterocycles. The molecular formula is C13H10FNO. The van der Waals surface area contributed by atoms with Crippen LogP contribution in [0.4, 0.5) is 4.39 Å². The molecule has 0 spiro atoms. The van der Waals surface area contributed by atoms with Crippen LogP contribution in [0.25, 0.3) is 0 Å². The summed E-state index contributed by atoms with van der Waals surface area (Å²) in [5.41, 5.74) is 0.953. The molecule has 0 saturated carbocycles. The van der Waals surface area contributed by atoms with Gasteiger partial charge in [0.2, 0.25) is 0 Å². The Morgan fingerprint density at radius 2 is 2.06 bits per heavy atom. The fourth-order valence-electron chi connectivity index (χ4n) is 1.48. The predicted molar refractivity (Wildman–Crippen MR) is 58.8 cm³/mol. The van der Waals surface area contributed by atoms with Gasteiger partial charge in [-0.3, -0.25) is 9.78 Å². The summed E-state index contributed by atoms with van der Waals surface area (Å²) >= 11 is 0. The van der Waals surface area contributed by atoms with Crippen LogP contribution in [0.3, 0.4) is 0 Å². The fourth-order valence-corrected chi connectivity index (χ4v) is 1.48. The molecule has 0 radical (unpaired) electrons. The number of halogens is 1. The van der Waals surface area contributed by atoms with Crippen LogP contribution in [-0.4, -0.2) is 10.8 Å². The SMILES string of the molecule is Cc1cccc(C(=O)c2cccnc2)c1F. The molecule has 0 atom stereocenters. The molecule has 2 nitrogen and oxygen atoms in total. The molecule has 3 heteroatoms. The van der Waals surface area contributed by atoms with Crippen molar-refractivity contribution in [3.63, 3.8) is 0 Å². The zero-order chi connectivity index (χ0) is 11.5. The second-order valence-electron chi connectivity index (χ2n) is 3.51. The van der Waals surface area contributed by atoms with Crippen LogP contribution in [-0.2, 0) is 0 Å². The van der Waals surface area contributed by atoms with Crippen molar-refractivity contribution in [1.82, 2.24) is 4.98 Å². The van der Waals surface area contributed by atoms with Crippen molar-refractivity contribution >= 4 is 5.78 Å². The molecule has 2 aromatic rings. The third-order valence-corrected chi connectivity index (χ3v) is 2.36. The van der Waals surface area contributed by atoms with Gasteiger partial charge in [-0.25, -0.2) is 4.39 Å². The van der Waals surface area contributed by atoms with Crippen molar-refractivity contribution in [1.29, 1.82) is 0 Å². The summed E-state index contributed by atoms with van der Waals surface area (Å²) in [4.78, 5) is 15.8. The van der Waals surface area contributed by atoms with Crippen molar-refractivity contribution in [2.75, 3.05) is 0 Å². The van der Waals surface area contributed by atoms with E-state index in [1.807, 2.05) is 0 Å². The number of rotatable bonds is 2. The molecule has 0 saturated heterocycles. The summed E-state index contributed by atoms with van der Waals surface area (Å²) in [7, 11) is 0.